The van der Waals surface area contributed by atoms with Gasteiger partial charge in [0.15, 0.2) is 0 Å². The third kappa shape index (κ3) is 4.20. The van der Waals surface area contributed by atoms with E-state index in [1.54, 1.807) is 0 Å². The van der Waals surface area contributed by atoms with Gasteiger partial charge in [0.1, 0.15) is 0 Å². The molecule has 0 saturated heterocycles. The van der Waals surface area contributed by atoms with Crippen LogP contribution in [0.4, 0.5) is 0 Å². The van der Waals surface area contributed by atoms with Crippen molar-refractivity contribution in [1.29, 1.82) is 0 Å². The summed E-state index contributed by atoms with van der Waals surface area (Å²) < 4.78 is 0. The smallest absolute Gasteiger partial charge is 0.311 e. The predicted molar refractivity (Wildman–Crippen MR) is 73.5 cm³/mol. The standard InChI is InChI=1S/C14H26N2O3/c1-13(2,3)7-10(8-15)11(17)16-9-14(12(18)19)5-4-6-14/h10H,4-9,15H2,1-3H3,(H,16,17)(H,18,19). The number of hydrogen-bond acceptors (Lipinski definition) is 3. The first-order valence-electron chi connectivity index (χ1n) is 6.91. The number of rotatable bonds is 6. The Morgan fingerprint density at radius 3 is 2.26 bits per heavy atom. The molecule has 1 fully saturated rings. The maximum atomic E-state index is 12.1. The third-order valence-corrected chi connectivity index (χ3v) is 3.88. The van der Waals surface area contributed by atoms with E-state index in [1.165, 1.54) is 0 Å². The highest BCUT2D eigenvalue weighted by Crippen LogP contribution is 2.40. The average molecular weight is 270 g/mol. The zero-order chi connectivity index (χ0) is 14.7. The van der Waals surface area contributed by atoms with Crippen LogP contribution in [0, 0.1) is 16.7 Å². The number of aliphatic carboxylic acids is 1. The van der Waals surface area contributed by atoms with Crippen molar-refractivity contribution in [2.24, 2.45) is 22.5 Å². The van der Waals surface area contributed by atoms with Crippen molar-refractivity contribution >= 4 is 11.9 Å². The summed E-state index contributed by atoms with van der Waals surface area (Å²) in [5, 5.41) is 12.0. The number of hydrogen-bond donors (Lipinski definition) is 3. The number of nitrogens with two attached hydrogens (primary N) is 1. The molecular weight excluding hydrogens is 244 g/mol. The van der Waals surface area contributed by atoms with E-state index in [0.717, 1.165) is 6.42 Å². The molecule has 4 N–H and O–H groups in total. The van der Waals surface area contributed by atoms with Crippen LogP contribution in [0.3, 0.4) is 0 Å². The van der Waals surface area contributed by atoms with Crippen molar-refractivity contribution in [1.82, 2.24) is 5.32 Å². The van der Waals surface area contributed by atoms with Gasteiger partial charge in [0.05, 0.1) is 11.3 Å². The number of carboxylic acids is 1. The Balaban J connectivity index is 2.51. The minimum absolute atomic E-state index is 0.0301. The molecule has 1 amide bonds. The van der Waals surface area contributed by atoms with Gasteiger partial charge >= 0.3 is 5.97 Å². The van der Waals surface area contributed by atoms with Crippen LogP contribution in [-0.2, 0) is 9.59 Å². The maximum absolute atomic E-state index is 12.1. The van der Waals surface area contributed by atoms with Crippen molar-refractivity contribution in [2.75, 3.05) is 13.1 Å². The molecule has 1 rings (SSSR count). The van der Waals surface area contributed by atoms with Gasteiger partial charge in [-0.05, 0) is 24.7 Å². The van der Waals surface area contributed by atoms with E-state index in [4.69, 9.17) is 5.73 Å². The van der Waals surface area contributed by atoms with Crippen molar-refractivity contribution in [3.05, 3.63) is 0 Å². The Morgan fingerprint density at radius 2 is 1.95 bits per heavy atom. The molecule has 0 aromatic heterocycles. The second-order valence-electron chi connectivity index (χ2n) is 6.85. The Hall–Kier alpha value is -1.10. The molecule has 19 heavy (non-hydrogen) atoms. The largest absolute Gasteiger partial charge is 0.481 e. The molecule has 0 heterocycles. The predicted octanol–water partition coefficient (Wildman–Crippen LogP) is 1.37. The molecule has 5 nitrogen and oxygen atoms in total. The van der Waals surface area contributed by atoms with Crippen molar-refractivity contribution in [2.45, 2.75) is 46.5 Å². The number of nitrogens with one attached hydrogen (secondary N) is 1. The first kappa shape index (κ1) is 16.0. The molecule has 0 aromatic carbocycles. The molecule has 110 valence electrons. The Kier molecular flexibility index (Phi) is 4.96. The van der Waals surface area contributed by atoms with Gasteiger partial charge in [-0.25, -0.2) is 0 Å². The number of amides is 1. The molecule has 1 unspecified atom stereocenters. The number of carboxylic acid groups (broad SMARTS) is 1. The Morgan fingerprint density at radius 1 is 1.37 bits per heavy atom. The van der Waals surface area contributed by atoms with E-state index in [9.17, 15) is 14.7 Å². The minimum atomic E-state index is -0.806. The Bertz CT molecular complexity index is 343. The van der Waals surface area contributed by atoms with Gasteiger partial charge in [0, 0.05) is 13.1 Å². The third-order valence-electron chi connectivity index (χ3n) is 3.88. The first-order valence-corrected chi connectivity index (χ1v) is 6.91. The normalized spacial score (nSPS) is 19.4. The van der Waals surface area contributed by atoms with Crippen LogP contribution in [0.25, 0.3) is 0 Å². The van der Waals surface area contributed by atoms with E-state index >= 15 is 0 Å². The van der Waals surface area contributed by atoms with E-state index in [2.05, 4.69) is 26.1 Å². The van der Waals surface area contributed by atoms with Crippen LogP contribution >= 0.6 is 0 Å². The zero-order valence-corrected chi connectivity index (χ0v) is 12.2. The van der Waals surface area contributed by atoms with Gasteiger partial charge < -0.3 is 16.2 Å². The molecule has 1 aliphatic rings. The number of carbonyl (C=O) groups excluding carboxylic acids is 1. The highest BCUT2D eigenvalue weighted by Gasteiger charge is 2.44. The summed E-state index contributed by atoms with van der Waals surface area (Å²) in [6, 6.07) is 0. The summed E-state index contributed by atoms with van der Waals surface area (Å²) in [6.45, 7) is 6.71. The first-order chi connectivity index (χ1) is 8.70. The summed E-state index contributed by atoms with van der Waals surface area (Å²) in [7, 11) is 0. The fraction of sp³-hybridized carbons (Fsp3) is 0.857. The molecule has 0 radical (unpaired) electrons. The SMILES string of the molecule is CC(C)(C)CC(CN)C(=O)NCC1(C(=O)O)CCC1. The average Bonchev–Trinajstić information content (AvgIpc) is 2.22. The van der Waals surface area contributed by atoms with Crippen LogP contribution in [0.2, 0.25) is 0 Å². The summed E-state index contributed by atoms with van der Waals surface area (Å²) in [6.07, 6.45) is 2.92. The summed E-state index contributed by atoms with van der Waals surface area (Å²) >= 11 is 0. The van der Waals surface area contributed by atoms with Crippen LogP contribution in [0.5, 0.6) is 0 Å². The number of carbonyl (C=O) groups is 2. The zero-order valence-electron chi connectivity index (χ0n) is 12.2. The topological polar surface area (TPSA) is 92.4 Å². The maximum Gasteiger partial charge on any atom is 0.311 e. The lowest BCUT2D eigenvalue weighted by Gasteiger charge is -2.38. The van der Waals surface area contributed by atoms with Crippen molar-refractivity contribution in [3.63, 3.8) is 0 Å². The summed E-state index contributed by atoms with van der Waals surface area (Å²) in [5.41, 5.74) is 4.94. The van der Waals surface area contributed by atoms with E-state index in [0.29, 0.717) is 25.8 Å². The van der Waals surface area contributed by atoms with Gasteiger partial charge in [0.2, 0.25) is 5.91 Å². The summed E-state index contributed by atoms with van der Waals surface area (Å²) in [4.78, 5) is 23.3. The summed E-state index contributed by atoms with van der Waals surface area (Å²) in [5.74, 6) is -1.17. The highest BCUT2D eigenvalue weighted by atomic mass is 16.4. The molecule has 0 aromatic rings. The fourth-order valence-corrected chi connectivity index (χ4v) is 2.49. The lowest BCUT2D eigenvalue weighted by Crippen LogP contribution is -2.49. The fourth-order valence-electron chi connectivity index (χ4n) is 2.49. The van der Waals surface area contributed by atoms with Gasteiger partial charge in [-0.2, -0.15) is 0 Å². The van der Waals surface area contributed by atoms with Gasteiger partial charge in [0.25, 0.3) is 0 Å². The lowest BCUT2D eigenvalue weighted by molar-refractivity contribution is -0.154. The van der Waals surface area contributed by atoms with Gasteiger partial charge in [-0.15, -0.1) is 0 Å². The van der Waals surface area contributed by atoms with Crippen LogP contribution in [-0.4, -0.2) is 30.1 Å². The second kappa shape index (κ2) is 5.90. The molecule has 1 saturated carbocycles. The molecule has 1 atom stereocenters. The Labute approximate surface area is 114 Å². The molecule has 0 spiro atoms. The molecule has 0 bridgehead atoms. The van der Waals surface area contributed by atoms with E-state index in [1.807, 2.05) is 0 Å². The molecule has 1 aliphatic carbocycles. The highest BCUT2D eigenvalue weighted by molar-refractivity contribution is 5.81. The van der Waals surface area contributed by atoms with E-state index < -0.39 is 11.4 Å². The van der Waals surface area contributed by atoms with Crippen LogP contribution in [0.1, 0.15) is 46.5 Å². The molecule has 0 aliphatic heterocycles. The monoisotopic (exact) mass is 270 g/mol. The molecular formula is C14H26N2O3. The van der Waals surface area contributed by atoms with Gasteiger partial charge in [-0.1, -0.05) is 27.2 Å². The quantitative estimate of drug-likeness (QED) is 0.679. The van der Waals surface area contributed by atoms with Crippen molar-refractivity contribution in [3.8, 4) is 0 Å². The second-order valence-corrected chi connectivity index (χ2v) is 6.85. The van der Waals surface area contributed by atoms with Crippen LogP contribution in [0.15, 0.2) is 0 Å². The van der Waals surface area contributed by atoms with Crippen molar-refractivity contribution < 1.29 is 14.7 Å². The van der Waals surface area contributed by atoms with E-state index in [-0.39, 0.29) is 23.8 Å². The van der Waals surface area contributed by atoms with Crippen LogP contribution < -0.4 is 11.1 Å². The lowest BCUT2D eigenvalue weighted by atomic mass is 9.68. The van der Waals surface area contributed by atoms with Gasteiger partial charge in [-0.3, -0.25) is 9.59 Å². The minimum Gasteiger partial charge on any atom is -0.481 e. The molecule has 5 heteroatoms.